The first kappa shape index (κ1) is 10.4. The number of phenolic OH excluding ortho intramolecular Hbond substituents is 1. The highest BCUT2D eigenvalue weighted by atomic mass is 35.5. The van der Waals surface area contributed by atoms with Gasteiger partial charge >= 0.3 is 0 Å². The summed E-state index contributed by atoms with van der Waals surface area (Å²) in [6, 6.07) is 3.69. The van der Waals surface area contributed by atoms with E-state index in [0.717, 1.165) is 11.1 Å². The molecule has 0 saturated heterocycles. The first-order chi connectivity index (χ1) is 5.82. The second-order valence-corrected chi connectivity index (χ2v) is 4.76. The highest BCUT2D eigenvalue weighted by Crippen LogP contribution is 2.32. The van der Waals surface area contributed by atoms with E-state index in [2.05, 4.69) is 20.8 Å². The molecular weight excluding hydrogens is 184 g/mol. The van der Waals surface area contributed by atoms with E-state index in [-0.39, 0.29) is 11.2 Å². The normalized spacial score (nSPS) is 11.8. The van der Waals surface area contributed by atoms with Crippen LogP contribution in [0, 0.1) is 6.92 Å². The zero-order chi connectivity index (χ0) is 10.2. The molecule has 1 rings (SSSR count). The summed E-state index contributed by atoms with van der Waals surface area (Å²) in [5.74, 6) is 0.275. The van der Waals surface area contributed by atoms with E-state index in [1.165, 1.54) is 0 Å². The van der Waals surface area contributed by atoms with E-state index in [9.17, 15) is 5.11 Å². The van der Waals surface area contributed by atoms with Crippen molar-refractivity contribution >= 4 is 11.6 Å². The fraction of sp³-hybridized carbons (Fsp3) is 0.455. The Balaban J connectivity index is 3.29. The maximum absolute atomic E-state index is 9.56. The predicted octanol–water partition coefficient (Wildman–Crippen LogP) is 3.65. The highest BCUT2D eigenvalue weighted by molar-refractivity contribution is 6.31. The van der Waals surface area contributed by atoms with E-state index in [4.69, 9.17) is 11.6 Å². The lowest BCUT2D eigenvalue weighted by Gasteiger charge is -2.20. The molecule has 1 aromatic rings. The van der Waals surface area contributed by atoms with Crippen LogP contribution in [-0.4, -0.2) is 5.11 Å². The van der Waals surface area contributed by atoms with Crippen molar-refractivity contribution in [3.63, 3.8) is 0 Å². The third-order valence-electron chi connectivity index (χ3n) is 2.18. The summed E-state index contributed by atoms with van der Waals surface area (Å²) >= 11 is 5.97. The third kappa shape index (κ3) is 2.16. The minimum Gasteiger partial charge on any atom is -0.508 e. The van der Waals surface area contributed by atoms with Crippen molar-refractivity contribution in [2.75, 3.05) is 0 Å². The predicted molar refractivity (Wildman–Crippen MR) is 56.6 cm³/mol. The Kier molecular flexibility index (Phi) is 2.58. The van der Waals surface area contributed by atoms with Gasteiger partial charge in [0.2, 0.25) is 0 Å². The quantitative estimate of drug-likeness (QED) is 0.675. The van der Waals surface area contributed by atoms with Gasteiger partial charge in [-0.1, -0.05) is 32.4 Å². The summed E-state index contributed by atoms with van der Waals surface area (Å²) in [6.45, 7) is 8.08. The Bertz CT molecular complexity index is 300. The molecule has 72 valence electrons. The van der Waals surface area contributed by atoms with Gasteiger partial charge in [0.25, 0.3) is 0 Å². The Morgan fingerprint density at radius 1 is 1.23 bits per heavy atom. The van der Waals surface area contributed by atoms with E-state index in [1.54, 1.807) is 6.07 Å². The maximum atomic E-state index is 9.56. The molecule has 2 heteroatoms. The average Bonchev–Trinajstić information content (AvgIpc) is 1.97. The molecule has 0 aromatic heterocycles. The minimum absolute atomic E-state index is 0.0226. The molecule has 0 radical (unpaired) electrons. The Hall–Kier alpha value is -0.690. The zero-order valence-electron chi connectivity index (χ0n) is 8.48. The molecule has 0 atom stereocenters. The zero-order valence-corrected chi connectivity index (χ0v) is 9.24. The van der Waals surface area contributed by atoms with Crippen molar-refractivity contribution in [2.45, 2.75) is 33.1 Å². The van der Waals surface area contributed by atoms with Crippen LogP contribution in [0.5, 0.6) is 5.75 Å². The van der Waals surface area contributed by atoms with Crippen LogP contribution >= 0.6 is 11.6 Å². The molecule has 13 heavy (non-hydrogen) atoms. The van der Waals surface area contributed by atoms with Crippen molar-refractivity contribution in [3.8, 4) is 5.75 Å². The second kappa shape index (κ2) is 3.22. The third-order valence-corrected chi connectivity index (χ3v) is 2.58. The van der Waals surface area contributed by atoms with Gasteiger partial charge in [0.1, 0.15) is 5.75 Å². The first-order valence-corrected chi connectivity index (χ1v) is 4.70. The van der Waals surface area contributed by atoms with Crippen molar-refractivity contribution in [2.24, 2.45) is 0 Å². The van der Waals surface area contributed by atoms with Crippen LogP contribution in [0.3, 0.4) is 0 Å². The van der Waals surface area contributed by atoms with Crippen LogP contribution in [0.4, 0.5) is 0 Å². The topological polar surface area (TPSA) is 20.2 Å². The smallest absolute Gasteiger partial charge is 0.120 e. The van der Waals surface area contributed by atoms with Crippen LogP contribution < -0.4 is 0 Å². The van der Waals surface area contributed by atoms with Gasteiger partial charge in [-0.2, -0.15) is 0 Å². The number of hydrogen-bond acceptors (Lipinski definition) is 1. The first-order valence-electron chi connectivity index (χ1n) is 4.32. The Labute approximate surface area is 84.4 Å². The fourth-order valence-corrected chi connectivity index (χ4v) is 1.31. The van der Waals surface area contributed by atoms with Crippen LogP contribution in [0.25, 0.3) is 0 Å². The number of rotatable bonds is 0. The van der Waals surface area contributed by atoms with Crippen LogP contribution in [0.15, 0.2) is 12.1 Å². The van der Waals surface area contributed by atoms with Gasteiger partial charge in [-0.15, -0.1) is 0 Å². The molecule has 0 spiro atoms. The molecular formula is C11H15ClO. The molecule has 0 unspecified atom stereocenters. The van der Waals surface area contributed by atoms with Gasteiger partial charge in [0.15, 0.2) is 0 Å². The van der Waals surface area contributed by atoms with Crippen LogP contribution in [-0.2, 0) is 5.41 Å². The van der Waals surface area contributed by atoms with Crippen molar-refractivity contribution < 1.29 is 5.11 Å². The Morgan fingerprint density at radius 3 is 2.15 bits per heavy atom. The van der Waals surface area contributed by atoms with Crippen molar-refractivity contribution in [1.29, 1.82) is 0 Å². The molecule has 0 saturated carbocycles. The van der Waals surface area contributed by atoms with E-state index < -0.39 is 0 Å². The number of halogens is 1. The maximum Gasteiger partial charge on any atom is 0.120 e. The molecule has 0 aliphatic rings. The van der Waals surface area contributed by atoms with Crippen molar-refractivity contribution in [3.05, 3.63) is 28.3 Å². The molecule has 0 aliphatic heterocycles. The summed E-state index contributed by atoms with van der Waals surface area (Å²) < 4.78 is 0. The number of hydrogen-bond donors (Lipinski definition) is 1. The van der Waals surface area contributed by atoms with Crippen LogP contribution in [0.2, 0.25) is 5.02 Å². The average molecular weight is 199 g/mol. The second-order valence-electron chi connectivity index (χ2n) is 4.35. The molecule has 0 aliphatic carbocycles. The minimum atomic E-state index is 0.0226. The van der Waals surface area contributed by atoms with Gasteiger partial charge in [-0.3, -0.25) is 0 Å². The monoisotopic (exact) mass is 198 g/mol. The van der Waals surface area contributed by atoms with E-state index in [1.807, 2.05) is 13.0 Å². The largest absolute Gasteiger partial charge is 0.508 e. The van der Waals surface area contributed by atoms with Crippen LogP contribution in [0.1, 0.15) is 31.9 Å². The summed E-state index contributed by atoms with van der Waals surface area (Å²) in [6.07, 6.45) is 0. The molecule has 0 amide bonds. The number of aromatic hydroxyl groups is 1. The molecule has 1 aromatic carbocycles. The summed E-state index contributed by atoms with van der Waals surface area (Å²) in [7, 11) is 0. The number of benzene rings is 1. The summed E-state index contributed by atoms with van der Waals surface area (Å²) in [4.78, 5) is 0. The lowest BCUT2D eigenvalue weighted by atomic mass is 9.86. The molecule has 0 heterocycles. The molecule has 0 fully saturated rings. The SMILES string of the molecule is Cc1c(O)cc(C(C)(C)C)cc1Cl. The van der Waals surface area contributed by atoms with E-state index >= 15 is 0 Å². The van der Waals surface area contributed by atoms with Gasteiger partial charge < -0.3 is 5.11 Å². The molecule has 1 nitrogen and oxygen atoms in total. The highest BCUT2D eigenvalue weighted by Gasteiger charge is 2.16. The Morgan fingerprint density at radius 2 is 1.77 bits per heavy atom. The molecule has 1 N–H and O–H groups in total. The summed E-state index contributed by atoms with van der Waals surface area (Å²) in [5.41, 5.74) is 1.82. The van der Waals surface area contributed by atoms with Gasteiger partial charge in [0, 0.05) is 10.6 Å². The lowest BCUT2D eigenvalue weighted by Crippen LogP contribution is -2.10. The van der Waals surface area contributed by atoms with Gasteiger partial charge in [-0.25, -0.2) is 0 Å². The fourth-order valence-electron chi connectivity index (χ4n) is 1.10. The van der Waals surface area contributed by atoms with Gasteiger partial charge in [0.05, 0.1) is 0 Å². The summed E-state index contributed by atoms with van der Waals surface area (Å²) in [5, 5.41) is 10.2. The van der Waals surface area contributed by atoms with Gasteiger partial charge in [-0.05, 0) is 30.0 Å². The molecule has 0 bridgehead atoms. The van der Waals surface area contributed by atoms with Crippen molar-refractivity contribution in [1.82, 2.24) is 0 Å². The standard InChI is InChI=1S/C11H15ClO/c1-7-9(12)5-8(6-10(7)13)11(2,3)4/h5-6,13H,1-4H3. The lowest BCUT2D eigenvalue weighted by molar-refractivity contribution is 0.467. The number of phenols is 1. The van der Waals surface area contributed by atoms with E-state index in [0.29, 0.717) is 5.02 Å².